The molecule has 62 valence electrons. The van der Waals surface area contributed by atoms with E-state index in [0.29, 0.717) is 10.6 Å². The van der Waals surface area contributed by atoms with Crippen LogP contribution in [0, 0.1) is 0 Å². The van der Waals surface area contributed by atoms with E-state index in [1.807, 2.05) is 0 Å². The van der Waals surface area contributed by atoms with Crippen LogP contribution in [-0.4, -0.2) is 14.6 Å². The Labute approximate surface area is 74.7 Å². The van der Waals surface area contributed by atoms with Gasteiger partial charge in [0, 0.05) is 16.8 Å². The van der Waals surface area contributed by atoms with Crippen molar-refractivity contribution in [2.45, 2.75) is 4.90 Å². The first-order valence-electron chi connectivity index (χ1n) is 3.19. The molecule has 12 heavy (non-hydrogen) atoms. The van der Waals surface area contributed by atoms with Gasteiger partial charge in [0.25, 0.3) is 10.0 Å². The summed E-state index contributed by atoms with van der Waals surface area (Å²) in [7, 11) is -3.41. The lowest BCUT2D eigenvalue weighted by Crippen LogP contribution is -1.92. The van der Waals surface area contributed by atoms with Gasteiger partial charge >= 0.3 is 0 Å². The molecule has 1 aromatic carbocycles. The van der Waals surface area contributed by atoms with E-state index in [2.05, 4.69) is 4.40 Å². The van der Waals surface area contributed by atoms with Crippen LogP contribution in [0.3, 0.4) is 0 Å². The molecule has 1 heterocycles. The fourth-order valence-corrected chi connectivity index (χ4v) is 2.23. The Hall–Kier alpha value is -0.870. The monoisotopic (exact) mass is 201 g/mol. The molecule has 3 nitrogen and oxygen atoms in total. The minimum absolute atomic E-state index is 0.229. The van der Waals surface area contributed by atoms with E-state index >= 15 is 0 Å². The van der Waals surface area contributed by atoms with Gasteiger partial charge in [-0.25, -0.2) is 0 Å². The molecule has 0 aliphatic carbocycles. The number of fused-ring (bicyclic) bond motifs is 1. The number of sulfonamides is 1. The first kappa shape index (κ1) is 7.76. The van der Waals surface area contributed by atoms with Gasteiger partial charge in [-0.05, 0) is 18.2 Å². The second kappa shape index (κ2) is 2.31. The molecular weight excluding hydrogens is 198 g/mol. The zero-order valence-corrected chi connectivity index (χ0v) is 7.43. The van der Waals surface area contributed by atoms with Gasteiger partial charge < -0.3 is 0 Å². The van der Waals surface area contributed by atoms with Crippen molar-refractivity contribution in [3.05, 3.63) is 28.8 Å². The number of halogens is 1. The van der Waals surface area contributed by atoms with E-state index < -0.39 is 10.0 Å². The summed E-state index contributed by atoms with van der Waals surface area (Å²) >= 11 is 5.66. The van der Waals surface area contributed by atoms with Gasteiger partial charge in [-0.2, -0.15) is 12.8 Å². The first-order chi connectivity index (χ1) is 5.59. The highest BCUT2D eigenvalue weighted by Gasteiger charge is 2.21. The number of nitrogens with zero attached hydrogens (tertiary/aromatic N) is 1. The number of rotatable bonds is 0. The lowest BCUT2D eigenvalue weighted by molar-refractivity contribution is 0.599. The Kier molecular flexibility index (Phi) is 1.49. The maximum Gasteiger partial charge on any atom is 0.282 e. The summed E-state index contributed by atoms with van der Waals surface area (Å²) in [5.41, 5.74) is 0.558. The predicted molar refractivity (Wildman–Crippen MR) is 46.2 cm³/mol. The molecule has 1 aromatic rings. The normalized spacial score (nSPS) is 17.8. The molecule has 0 spiro atoms. The van der Waals surface area contributed by atoms with Gasteiger partial charge in [-0.3, -0.25) is 0 Å². The van der Waals surface area contributed by atoms with Crippen molar-refractivity contribution < 1.29 is 8.42 Å². The van der Waals surface area contributed by atoms with Crippen LogP contribution in [0.2, 0.25) is 5.02 Å². The van der Waals surface area contributed by atoms with Crippen molar-refractivity contribution in [1.82, 2.24) is 0 Å². The molecule has 0 aromatic heterocycles. The third-order valence-corrected chi connectivity index (χ3v) is 3.13. The van der Waals surface area contributed by atoms with Crippen LogP contribution in [0.4, 0.5) is 0 Å². The maximum atomic E-state index is 11.1. The smallest absolute Gasteiger partial charge is 0.199 e. The summed E-state index contributed by atoms with van der Waals surface area (Å²) in [5, 5.41) is 0.511. The fourth-order valence-electron chi connectivity index (χ4n) is 1.04. The molecule has 0 saturated carbocycles. The average molecular weight is 202 g/mol. The third-order valence-electron chi connectivity index (χ3n) is 1.58. The van der Waals surface area contributed by atoms with Crippen molar-refractivity contribution in [3.8, 4) is 0 Å². The molecule has 2 rings (SSSR count). The van der Waals surface area contributed by atoms with Crippen molar-refractivity contribution in [2.75, 3.05) is 0 Å². The lowest BCUT2D eigenvalue weighted by atomic mass is 10.2. The second-order valence-corrected chi connectivity index (χ2v) is 4.43. The van der Waals surface area contributed by atoms with Crippen LogP contribution < -0.4 is 0 Å². The highest BCUT2D eigenvalue weighted by atomic mass is 35.5. The second-order valence-electron chi connectivity index (χ2n) is 2.39. The first-order valence-corrected chi connectivity index (χ1v) is 5.01. The molecule has 0 atom stereocenters. The van der Waals surface area contributed by atoms with Gasteiger partial charge in [0.1, 0.15) is 0 Å². The Morgan fingerprint density at radius 1 is 1.33 bits per heavy atom. The highest BCUT2D eigenvalue weighted by Crippen LogP contribution is 2.24. The summed E-state index contributed by atoms with van der Waals surface area (Å²) in [5.74, 6) is 0. The molecule has 0 bridgehead atoms. The molecule has 1 aliphatic heterocycles. The lowest BCUT2D eigenvalue weighted by Gasteiger charge is -1.95. The Morgan fingerprint density at radius 3 is 2.83 bits per heavy atom. The number of benzene rings is 1. The van der Waals surface area contributed by atoms with Gasteiger partial charge in [-0.15, -0.1) is 0 Å². The molecule has 0 radical (unpaired) electrons. The summed E-state index contributed by atoms with van der Waals surface area (Å²) in [6.07, 6.45) is 1.30. The summed E-state index contributed by atoms with van der Waals surface area (Å²) < 4.78 is 25.6. The average Bonchev–Trinajstić information content (AvgIpc) is 2.27. The topological polar surface area (TPSA) is 46.5 Å². The Morgan fingerprint density at radius 2 is 2.08 bits per heavy atom. The van der Waals surface area contributed by atoms with E-state index in [1.165, 1.54) is 18.3 Å². The van der Waals surface area contributed by atoms with Crippen LogP contribution in [-0.2, 0) is 10.0 Å². The number of hydrogen-bond donors (Lipinski definition) is 0. The highest BCUT2D eigenvalue weighted by molar-refractivity contribution is 7.90. The maximum absolute atomic E-state index is 11.1. The van der Waals surface area contributed by atoms with Crippen LogP contribution in [0.25, 0.3) is 0 Å². The third kappa shape index (κ3) is 1.04. The van der Waals surface area contributed by atoms with Gasteiger partial charge in [0.2, 0.25) is 0 Å². The standard InChI is InChI=1S/C7H4ClNO2S/c8-6-1-2-7-5(3-6)4-9-12(7,10)11/h1-4H. The van der Waals surface area contributed by atoms with Gasteiger partial charge in [0.05, 0.1) is 4.90 Å². The summed E-state index contributed by atoms with van der Waals surface area (Å²) in [6.45, 7) is 0. The minimum Gasteiger partial charge on any atom is -0.199 e. The predicted octanol–water partition coefficient (Wildman–Crippen LogP) is 1.46. The molecule has 0 saturated heterocycles. The van der Waals surface area contributed by atoms with Crippen molar-refractivity contribution in [2.24, 2.45) is 4.40 Å². The van der Waals surface area contributed by atoms with E-state index in [0.717, 1.165) is 0 Å². The Bertz CT molecular complexity index is 464. The van der Waals surface area contributed by atoms with E-state index in [9.17, 15) is 8.42 Å². The van der Waals surface area contributed by atoms with E-state index in [1.54, 1.807) is 6.07 Å². The van der Waals surface area contributed by atoms with Crippen molar-refractivity contribution in [3.63, 3.8) is 0 Å². The number of hydrogen-bond acceptors (Lipinski definition) is 2. The van der Waals surface area contributed by atoms with Crippen LogP contribution >= 0.6 is 11.6 Å². The van der Waals surface area contributed by atoms with E-state index in [4.69, 9.17) is 11.6 Å². The SMILES string of the molecule is O=S1(=O)N=Cc2cc(Cl)ccc21. The molecule has 0 N–H and O–H groups in total. The molecule has 5 heteroatoms. The molecule has 1 aliphatic rings. The largest absolute Gasteiger partial charge is 0.282 e. The fraction of sp³-hybridized carbons (Fsp3) is 0. The van der Waals surface area contributed by atoms with Gasteiger partial charge in [0.15, 0.2) is 0 Å². The van der Waals surface area contributed by atoms with Crippen LogP contribution in [0.1, 0.15) is 5.56 Å². The van der Waals surface area contributed by atoms with Crippen LogP contribution in [0.5, 0.6) is 0 Å². The molecule has 0 amide bonds. The zero-order valence-electron chi connectivity index (χ0n) is 5.86. The van der Waals surface area contributed by atoms with Gasteiger partial charge in [-0.1, -0.05) is 11.6 Å². The quantitative estimate of drug-likeness (QED) is 0.638. The summed E-state index contributed by atoms with van der Waals surface area (Å²) in [6, 6.07) is 4.57. The molecule has 0 fully saturated rings. The molecule has 0 unspecified atom stereocenters. The minimum atomic E-state index is -3.41. The summed E-state index contributed by atoms with van der Waals surface area (Å²) in [4.78, 5) is 0.229. The van der Waals surface area contributed by atoms with Crippen molar-refractivity contribution >= 4 is 27.8 Å². The zero-order chi connectivity index (χ0) is 8.77. The van der Waals surface area contributed by atoms with Crippen LogP contribution in [0.15, 0.2) is 27.5 Å². The Balaban J connectivity index is 2.78. The van der Waals surface area contributed by atoms with Crippen molar-refractivity contribution in [1.29, 1.82) is 0 Å². The molecular formula is C7H4ClNO2S. The van der Waals surface area contributed by atoms with E-state index in [-0.39, 0.29) is 4.90 Å².